The van der Waals surface area contributed by atoms with E-state index in [1.165, 1.54) is 6.92 Å². The van der Waals surface area contributed by atoms with Crippen LogP contribution in [0.25, 0.3) is 0 Å². The summed E-state index contributed by atoms with van der Waals surface area (Å²) in [5.74, 6) is -0.461. The topological polar surface area (TPSA) is 73.1 Å². The predicted molar refractivity (Wildman–Crippen MR) is 55.1 cm³/mol. The Morgan fingerprint density at radius 2 is 2.11 bits per heavy atom. The highest BCUT2D eigenvalue weighted by atomic mass is 32.2. The van der Waals surface area contributed by atoms with Gasteiger partial charge < -0.3 is 9.29 Å². The molecule has 2 atom stereocenters. The minimum Gasteiger partial charge on any atom is -0.771 e. The number of alkyl halides is 3. The molecule has 0 aromatic heterocycles. The Bertz CT molecular complexity index is 510. The average molecular weight is 278 g/mol. The third-order valence-electron chi connectivity index (χ3n) is 2.07. The molecule has 18 heavy (non-hydrogen) atoms. The molecule has 0 bridgehead atoms. The fourth-order valence-corrected chi connectivity index (χ4v) is 1.91. The fraction of sp³-hybridized carbons (Fsp3) is 0.300. The third-order valence-corrected chi connectivity index (χ3v) is 2.81. The fourth-order valence-electron chi connectivity index (χ4n) is 1.36. The monoisotopic (exact) mass is 278 g/mol. The summed E-state index contributed by atoms with van der Waals surface area (Å²) in [7, 11) is 0. The average Bonchev–Trinajstić information content (AvgIpc) is 2.19. The largest absolute Gasteiger partial charge is 0.771 e. The second-order valence-corrected chi connectivity index (χ2v) is 4.33. The zero-order valence-corrected chi connectivity index (χ0v) is 9.84. The molecule has 0 radical (unpaired) electrons. The maximum absolute atomic E-state index is 12.0. The van der Waals surface area contributed by atoms with Gasteiger partial charge in [-0.3, -0.25) is 4.21 Å². The number of benzene rings is 1. The number of rotatable bonds is 3. The number of aryl methyl sites for hydroxylation is 1. The summed E-state index contributed by atoms with van der Waals surface area (Å²) in [5, 5.41) is 7.26. The first-order valence-electron chi connectivity index (χ1n) is 4.58. The minimum atomic E-state index is -4.82. The first-order chi connectivity index (χ1) is 8.24. The molecular weight excluding hydrogens is 271 g/mol. The highest BCUT2D eigenvalue weighted by molar-refractivity contribution is 7.79. The summed E-state index contributed by atoms with van der Waals surface area (Å²) >= 11 is -2.66. The van der Waals surface area contributed by atoms with Gasteiger partial charge in [-0.1, -0.05) is 6.07 Å². The van der Waals surface area contributed by atoms with Crippen molar-refractivity contribution < 1.29 is 26.7 Å². The van der Waals surface area contributed by atoms with Crippen LogP contribution in [-0.4, -0.2) is 15.1 Å². The molecule has 2 unspecified atom stereocenters. The molecule has 0 aliphatic carbocycles. The molecule has 4 nitrogen and oxygen atoms in total. The van der Waals surface area contributed by atoms with Crippen LogP contribution >= 0.6 is 0 Å². The van der Waals surface area contributed by atoms with E-state index in [4.69, 9.17) is 5.26 Å². The lowest BCUT2D eigenvalue weighted by molar-refractivity contribution is -0.274. The second kappa shape index (κ2) is 5.37. The van der Waals surface area contributed by atoms with Gasteiger partial charge in [0.15, 0.2) is 0 Å². The standard InChI is InChI=1S/C10H8F3NO3S/c1-6-4-7(17-10(11,12)13)2-3-8(6)9(5-14)18(15)16/h2-4,9H,1H3,(H,15,16)/p-1. The first kappa shape index (κ1) is 14.5. The van der Waals surface area contributed by atoms with Crippen LogP contribution in [0.2, 0.25) is 0 Å². The maximum atomic E-state index is 12.0. The Kier molecular flexibility index (Phi) is 4.32. The quantitative estimate of drug-likeness (QED) is 0.795. The van der Waals surface area contributed by atoms with Gasteiger partial charge in [0.1, 0.15) is 11.0 Å². The van der Waals surface area contributed by atoms with Gasteiger partial charge in [-0.2, -0.15) is 5.26 Å². The molecule has 0 heterocycles. The van der Waals surface area contributed by atoms with Gasteiger partial charge in [-0.05, 0) is 41.3 Å². The molecule has 0 amide bonds. The van der Waals surface area contributed by atoms with Crippen molar-refractivity contribution in [1.82, 2.24) is 0 Å². The van der Waals surface area contributed by atoms with Crippen molar-refractivity contribution in [1.29, 1.82) is 5.26 Å². The molecule has 1 rings (SSSR count). The predicted octanol–water partition coefficient (Wildman–Crippen LogP) is 2.34. The Labute approximate surface area is 103 Å². The van der Waals surface area contributed by atoms with Crippen LogP contribution in [0.5, 0.6) is 5.75 Å². The van der Waals surface area contributed by atoms with Crippen LogP contribution < -0.4 is 4.74 Å². The van der Waals surface area contributed by atoms with E-state index >= 15 is 0 Å². The normalized spacial score (nSPS) is 14.7. The number of halogens is 3. The van der Waals surface area contributed by atoms with E-state index < -0.39 is 28.4 Å². The van der Waals surface area contributed by atoms with Crippen LogP contribution in [0, 0.1) is 18.3 Å². The molecule has 0 N–H and O–H groups in total. The first-order valence-corrected chi connectivity index (χ1v) is 5.72. The van der Waals surface area contributed by atoms with Gasteiger partial charge in [0, 0.05) is 0 Å². The summed E-state index contributed by atoms with van der Waals surface area (Å²) < 4.78 is 61.1. The van der Waals surface area contributed by atoms with Crippen molar-refractivity contribution in [3.05, 3.63) is 29.3 Å². The Hall–Kier alpha value is -1.59. The number of nitriles is 1. The van der Waals surface area contributed by atoms with Crippen molar-refractivity contribution in [3.8, 4) is 11.8 Å². The lowest BCUT2D eigenvalue weighted by Gasteiger charge is -2.16. The Morgan fingerprint density at radius 3 is 2.50 bits per heavy atom. The van der Waals surface area contributed by atoms with E-state index in [2.05, 4.69) is 4.74 Å². The Morgan fingerprint density at radius 1 is 1.50 bits per heavy atom. The van der Waals surface area contributed by atoms with Crippen molar-refractivity contribution in [2.45, 2.75) is 18.5 Å². The van der Waals surface area contributed by atoms with E-state index in [1.54, 1.807) is 6.07 Å². The van der Waals surface area contributed by atoms with Gasteiger partial charge in [-0.15, -0.1) is 13.2 Å². The van der Waals surface area contributed by atoms with Crippen LogP contribution in [0.4, 0.5) is 13.2 Å². The van der Waals surface area contributed by atoms with Gasteiger partial charge in [0.2, 0.25) is 0 Å². The number of ether oxygens (including phenoxy) is 1. The van der Waals surface area contributed by atoms with E-state index in [1.807, 2.05) is 0 Å². The molecule has 0 saturated carbocycles. The molecule has 0 saturated heterocycles. The summed E-state index contributed by atoms with van der Waals surface area (Å²) in [6.45, 7) is 1.40. The number of hydrogen-bond donors (Lipinski definition) is 0. The zero-order valence-electron chi connectivity index (χ0n) is 9.02. The highest BCUT2D eigenvalue weighted by Crippen LogP contribution is 2.28. The van der Waals surface area contributed by atoms with Gasteiger partial charge in [-0.25, -0.2) is 0 Å². The summed E-state index contributed by atoms with van der Waals surface area (Å²) in [6.07, 6.45) is -4.82. The van der Waals surface area contributed by atoms with Crippen LogP contribution in [0.1, 0.15) is 16.4 Å². The lowest BCUT2D eigenvalue weighted by Crippen LogP contribution is -2.17. The van der Waals surface area contributed by atoms with Gasteiger partial charge in [0.05, 0.1) is 6.07 Å². The molecule has 8 heteroatoms. The summed E-state index contributed by atoms with van der Waals surface area (Å²) in [4.78, 5) is 0. The summed E-state index contributed by atoms with van der Waals surface area (Å²) in [6, 6.07) is 4.67. The van der Waals surface area contributed by atoms with Gasteiger partial charge in [0.25, 0.3) is 0 Å². The molecule has 98 valence electrons. The van der Waals surface area contributed by atoms with Crippen molar-refractivity contribution in [2.75, 3.05) is 0 Å². The highest BCUT2D eigenvalue weighted by Gasteiger charge is 2.31. The van der Waals surface area contributed by atoms with Gasteiger partial charge >= 0.3 is 6.36 Å². The molecule has 1 aromatic carbocycles. The van der Waals surface area contributed by atoms with Crippen LogP contribution in [0.15, 0.2) is 18.2 Å². The molecular formula is C10H7F3NO3S-. The molecule has 1 aromatic rings. The SMILES string of the molecule is Cc1cc(OC(F)(F)F)ccc1C(C#N)S(=O)[O-]. The molecule has 0 aliphatic rings. The smallest absolute Gasteiger partial charge is 0.573 e. The summed E-state index contributed by atoms with van der Waals surface area (Å²) in [5.41, 5.74) is 0.354. The van der Waals surface area contributed by atoms with E-state index in [-0.39, 0.29) is 11.1 Å². The minimum absolute atomic E-state index is 0.125. The third kappa shape index (κ3) is 3.72. The second-order valence-electron chi connectivity index (χ2n) is 3.34. The van der Waals surface area contributed by atoms with E-state index in [0.29, 0.717) is 0 Å². The molecule has 0 aliphatic heterocycles. The van der Waals surface area contributed by atoms with Crippen molar-refractivity contribution >= 4 is 11.1 Å². The van der Waals surface area contributed by atoms with E-state index in [9.17, 15) is 21.9 Å². The van der Waals surface area contributed by atoms with Crippen molar-refractivity contribution in [2.24, 2.45) is 0 Å². The van der Waals surface area contributed by atoms with Crippen molar-refractivity contribution in [3.63, 3.8) is 0 Å². The van der Waals surface area contributed by atoms with Crippen LogP contribution in [-0.2, 0) is 11.1 Å². The lowest BCUT2D eigenvalue weighted by atomic mass is 10.1. The molecule has 0 spiro atoms. The molecule has 0 fully saturated rings. The van der Waals surface area contributed by atoms with Crippen LogP contribution in [0.3, 0.4) is 0 Å². The zero-order chi connectivity index (χ0) is 13.9. The number of nitrogens with zero attached hydrogens (tertiary/aromatic N) is 1. The maximum Gasteiger partial charge on any atom is 0.573 e. The Balaban J connectivity index is 3.07. The van der Waals surface area contributed by atoms with E-state index in [0.717, 1.165) is 18.2 Å². The number of hydrogen-bond acceptors (Lipinski definition) is 4.